The molecule has 100 valence electrons. The lowest BCUT2D eigenvalue weighted by molar-refractivity contribution is 0.0695. The molecule has 0 bridgehead atoms. The number of rotatable bonds is 5. The zero-order valence-electron chi connectivity index (χ0n) is 10.2. The number of carboxylic acid groups (broad SMARTS) is 1. The largest absolute Gasteiger partial charge is 0.478 e. The zero-order chi connectivity index (χ0) is 13.8. The van der Waals surface area contributed by atoms with Crippen molar-refractivity contribution in [3.8, 4) is 0 Å². The average Bonchev–Trinajstić information content (AvgIpc) is 3.05. The first-order chi connectivity index (χ1) is 9.11. The van der Waals surface area contributed by atoms with Gasteiger partial charge in [0.2, 0.25) is 0 Å². The van der Waals surface area contributed by atoms with Crippen LogP contribution >= 0.6 is 0 Å². The molecular weight excluding hydrogens is 250 g/mol. The lowest BCUT2D eigenvalue weighted by Crippen LogP contribution is -2.28. The van der Waals surface area contributed by atoms with E-state index in [1.807, 2.05) is 6.92 Å². The molecule has 0 aliphatic carbocycles. The highest BCUT2D eigenvalue weighted by molar-refractivity contribution is 5.95. The molecule has 0 radical (unpaired) electrons. The molecule has 0 fully saturated rings. The Labute approximate surface area is 108 Å². The Bertz CT molecular complexity index is 574. The van der Waals surface area contributed by atoms with Crippen molar-refractivity contribution >= 4 is 11.9 Å². The normalized spacial score (nSPS) is 12.1. The maximum Gasteiger partial charge on any atom is 0.338 e. The molecule has 1 atom stereocenters. The second-order valence-corrected chi connectivity index (χ2v) is 3.91. The van der Waals surface area contributed by atoms with Gasteiger partial charge in [-0.1, -0.05) is 6.92 Å². The van der Waals surface area contributed by atoms with Gasteiger partial charge < -0.3 is 19.8 Å². The highest BCUT2D eigenvalue weighted by Gasteiger charge is 2.19. The Morgan fingerprint density at radius 1 is 1.58 bits per heavy atom. The summed E-state index contributed by atoms with van der Waals surface area (Å²) in [6.45, 7) is 1.90. The summed E-state index contributed by atoms with van der Waals surface area (Å²) in [5, 5.41) is 11.5. The van der Waals surface area contributed by atoms with Crippen LogP contribution < -0.4 is 5.32 Å². The first-order valence-electron chi connectivity index (χ1n) is 5.73. The second-order valence-electron chi connectivity index (χ2n) is 3.91. The van der Waals surface area contributed by atoms with E-state index in [0.717, 1.165) is 6.26 Å². The van der Waals surface area contributed by atoms with Crippen LogP contribution in [-0.4, -0.2) is 27.0 Å². The Hall–Kier alpha value is -2.57. The lowest BCUT2D eigenvalue weighted by Gasteiger charge is -2.13. The molecule has 3 N–H and O–H groups in total. The number of nitrogens with one attached hydrogen (secondary N) is 2. The summed E-state index contributed by atoms with van der Waals surface area (Å²) in [5.41, 5.74) is -0.0591. The molecule has 2 aromatic heterocycles. The average molecular weight is 263 g/mol. The maximum absolute atomic E-state index is 11.9. The molecule has 7 nitrogen and oxygen atoms in total. The van der Waals surface area contributed by atoms with E-state index in [1.165, 1.54) is 6.07 Å². The third-order valence-corrected chi connectivity index (χ3v) is 2.63. The molecule has 0 aliphatic rings. The Morgan fingerprint density at radius 3 is 2.89 bits per heavy atom. The molecule has 2 aromatic rings. The van der Waals surface area contributed by atoms with Gasteiger partial charge in [0, 0.05) is 18.5 Å². The highest BCUT2D eigenvalue weighted by Crippen LogP contribution is 2.14. The van der Waals surface area contributed by atoms with Gasteiger partial charge in [-0.3, -0.25) is 4.79 Å². The van der Waals surface area contributed by atoms with Crippen LogP contribution in [0.1, 0.15) is 46.1 Å². The number of H-pyrrole nitrogens is 1. The van der Waals surface area contributed by atoms with E-state index in [-0.39, 0.29) is 17.4 Å². The minimum absolute atomic E-state index is 0.0394. The fourth-order valence-electron chi connectivity index (χ4n) is 1.63. The van der Waals surface area contributed by atoms with Crippen LogP contribution in [0.5, 0.6) is 0 Å². The number of hydrogen-bond acceptors (Lipinski definition) is 4. The van der Waals surface area contributed by atoms with Crippen molar-refractivity contribution in [1.29, 1.82) is 0 Å². The number of aromatic amines is 1. The van der Waals surface area contributed by atoms with Crippen molar-refractivity contribution in [3.05, 3.63) is 41.9 Å². The van der Waals surface area contributed by atoms with Gasteiger partial charge in [-0.15, -0.1) is 0 Å². The third-order valence-electron chi connectivity index (χ3n) is 2.63. The summed E-state index contributed by atoms with van der Waals surface area (Å²) in [4.78, 5) is 29.6. The predicted molar refractivity (Wildman–Crippen MR) is 64.8 cm³/mol. The summed E-state index contributed by atoms with van der Waals surface area (Å²) in [5.74, 6) is -1.01. The molecular formula is C12H13N3O4. The van der Waals surface area contributed by atoms with Gasteiger partial charge in [-0.05, 0) is 6.42 Å². The summed E-state index contributed by atoms with van der Waals surface area (Å²) in [6, 6.07) is 0.910. The fourth-order valence-corrected chi connectivity index (χ4v) is 1.63. The topological polar surface area (TPSA) is 108 Å². The van der Waals surface area contributed by atoms with Crippen molar-refractivity contribution in [3.63, 3.8) is 0 Å². The standard InChI is InChI=1S/C12H13N3O4/c1-2-8(10-13-3-4-14-10)15-11(16)9-5-7(6-19-9)12(17)18/h3-6,8H,2H2,1H3,(H,13,14)(H,15,16)(H,17,18). The van der Waals surface area contributed by atoms with E-state index >= 15 is 0 Å². The lowest BCUT2D eigenvalue weighted by atomic mass is 10.2. The van der Waals surface area contributed by atoms with Crippen LogP contribution in [0.2, 0.25) is 0 Å². The van der Waals surface area contributed by atoms with Gasteiger partial charge in [-0.2, -0.15) is 0 Å². The number of furan rings is 1. The van der Waals surface area contributed by atoms with Gasteiger partial charge >= 0.3 is 5.97 Å². The first-order valence-corrected chi connectivity index (χ1v) is 5.73. The first kappa shape index (κ1) is 12.9. The minimum atomic E-state index is -1.14. The van der Waals surface area contributed by atoms with E-state index in [9.17, 15) is 9.59 Å². The number of hydrogen-bond donors (Lipinski definition) is 3. The van der Waals surface area contributed by atoms with Crippen molar-refractivity contribution in [2.75, 3.05) is 0 Å². The predicted octanol–water partition coefficient (Wildman–Crippen LogP) is 1.58. The number of carbonyl (C=O) groups excluding carboxylic acids is 1. The molecule has 1 amide bonds. The maximum atomic E-state index is 11.9. The fraction of sp³-hybridized carbons (Fsp3) is 0.250. The van der Waals surface area contributed by atoms with Crippen molar-refractivity contribution in [2.24, 2.45) is 0 Å². The second kappa shape index (κ2) is 5.38. The van der Waals surface area contributed by atoms with E-state index in [1.54, 1.807) is 12.4 Å². The van der Waals surface area contributed by atoms with Gasteiger partial charge in [0.25, 0.3) is 5.91 Å². The van der Waals surface area contributed by atoms with Crippen LogP contribution in [0.3, 0.4) is 0 Å². The molecule has 19 heavy (non-hydrogen) atoms. The van der Waals surface area contributed by atoms with E-state index in [4.69, 9.17) is 9.52 Å². The van der Waals surface area contributed by atoms with Crippen LogP contribution in [0.25, 0.3) is 0 Å². The van der Waals surface area contributed by atoms with Gasteiger partial charge in [0.15, 0.2) is 5.76 Å². The molecule has 0 saturated heterocycles. The summed E-state index contributed by atoms with van der Waals surface area (Å²) < 4.78 is 4.93. The quantitative estimate of drug-likeness (QED) is 0.759. The Kier molecular flexibility index (Phi) is 3.65. The molecule has 1 unspecified atom stereocenters. The van der Waals surface area contributed by atoms with Crippen LogP contribution in [0.4, 0.5) is 0 Å². The van der Waals surface area contributed by atoms with Crippen LogP contribution in [0, 0.1) is 0 Å². The van der Waals surface area contributed by atoms with E-state index in [2.05, 4.69) is 15.3 Å². The summed E-state index contributed by atoms with van der Waals surface area (Å²) in [6.07, 6.45) is 4.94. The minimum Gasteiger partial charge on any atom is -0.478 e. The Balaban J connectivity index is 2.09. The molecule has 0 spiro atoms. The van der Waals surface area contributed by atoms with Gasteiger partial charge in [0.05, 0.1) is 11.6 Å². The van der Waals surface area contributed by atoms with Crippen molar-refractivity contribution in [2.45, 2.75) is 19.4 Å². The number of carboxylic acids is 1. The zero-order valence-corrected chi connectivity index (χ0v) is 10.2. The van der Waals surface area contributed by atoms with Crippen molar-refractivity contribution < 1.29 is 19.1 Å². The molecule has 0 aliphatic heterocycles. The molecule has 2 rings (SSSR count). The number of aromatic nitrogens is 2. The van der Waals surface area contributed by atoms with E-state index < -0.39 is 11.9 Å². The van der Waals surface area contributed by atoms with Gasteiger partial charge in [0.1, 0.15) is 12.1 Å². The molecule has 0 aromatic carbocycles. The smallest absolute Gasteiger partial charge is 0.338 e. The monoisotopic (exact) mass is 263 g/mol. The van der Waals surface area contributed by atoms with Crippen LogP contribution in [0.15, 0.2) is 29.1 Å². The number of nitrogens with zero attached hydrogens (tertiary/aromatic N) is 1. The number of aromatic carboxylic acids is 1. The van der Waals surface area contributed by atoms with Crippen molar-refractivity contribution in [1.82, 2.24) is 15.3 Å². The molecule has 2 heterocycles. The summed E-state index contributed by atoms with van der Waals surface area (Å²) in [7, 11) is 0. The SMILES string of the molecule is CCC(NC(=O)c1cc(C(=O)O)co1)c1ncc[nH]1. The molecule has 0 saturated carbocycles. The highest BCUT2D eigenvalue weighted by atomic mass is 16.4. The van der Waals surface area contributed by atoms with Gasteiger partial charge in [-0.25, -0.2) is 9.78 Å². The summed E-state index contributed by atoms with van der Waals surface area (Å²) >= 11 is 0. The van der Waals surface area contributed by atoms with E-state index in [0.29, 0.717) is 12.2 Å². The molecule has 7 heteroatoms. The number of carbonyl (C=O) groups is 2. The van der Waals surface area contributed by atoms with Crippen LogP contribution in [-0.2, 0) is 0 Å². The number of imidazole rings is 1. The number of amides is 1. The third kappa shape index (κ3) is 2.82. The Morgan fingerprint density at radius 2 is 2.37 bits per heavy atom.